The summed E-state index contributed by atoms with van der Waals surface area (Å²) in [4.78, 5) is 0. The molecule has 2 N–H and O–H groups in total. The van der Waals surface area contributed by atoms with Gasteiger partial charge in [0.15, 0.2) is 0 Å². The lowest BCUT2D eigenvalue weighted by Gasteiger charge is -2.13. The highest BCUT2D eigenvalue weighted by molar-refractivity contribution is 6.76. The van der Waals surface area contributed by atoms with E-state index in [9.17, 15) is 0 Å². The van der Waals surface area contributed by atoms with Gasteiger partial charge in [0, 0.05) is 0 Å². The predicted octanol–water partition coefficient (Wildman–Crippen LogP) is 7.12. The molecule has 0 fully saturated rings. The molecule has 0 atom stereocenters. The third kappa shape index (κ3) is 11.0. The van der Waals surface area contributed by atoms with Gasteiger partial charge >= 0.3 is 0 Å². The Bertz CT molecular complexity index is 792. The Kier molecular flexibility index (Phi) is 12.1. The maximum absolute atomic E-state index is 7.33. The molecule has 0 amide bonds. The highest BCUT2D eigenvalue weighted by Gasteiger charge is 2.29. The van der Waals surface area contributed by atoms with E-state index in [2.05, 4.69) is 0 Å². The maximum Gasteiger partial charge on any atom is 0.265 e. The molecule has 0 saturated heterocycles. The van der Waals surface area contributed by atoms with Crippen LogP contribution in [0.1, 0.15) is 11.1 Å². The third-order valence-electron chi connectivity index (χ3n) is 3.60. The van der Waals surface area contributed by atoms with Gasteiger partial charge < -0.3 is 18.9 Å². The summed E-state index contributed by atoms with van der Waals surface area (Å²) in [6.07, 6.45) is 0. The molecule has 0 aliphatic rings. The lowest BCUT2D eigenvalue weighted by Crippen LogP contribution is -2.20. The number of nitrogens with one attached hydrogen (secondary N) is 2. The first kappa shape index (κ1) is 28.8. The Hall–Kier alpha value is -1.28. The van der Waals surface area contributed by atoms with E-state index in [-0.39, 0.29) is 13.2 Å². The Labute approximate surface area is 216 Å². The van der Waals surface area contributed by atoms with E-state index >= 15 is 0 Å². The molecule has 2 rings (SSSR count). The van der Waals surface area contributed by atoms with Crippen LogP contribution in [0.5, 0.6) is 11.5 Å². The van der Waals surface area contributed by atoms with Crippen molar-refractivity contribution in [1.82, 2.24) is 0 Å². The summed E-state index contributed by atoms with van der Waals surface area (Å²) >= 11 is 32.8. The second-order valence-electron chi connectivity index (χ2n) is 5.93. The second kappa shape index (κ2) is 13.4. The molecule has 2 aromatic carbocycles. The van der Waals surface area contributed by atoms with Gasteiger partial charge in [0.2, 0.25) is 11.8 Å². The maximum atomic E-state index is 7.33. The van der Waals surface area contributed by atoms with Crippen molar-refractivity contribution in [3.8, 4) is 11.5 Å². The molecule has 0 aliphatic heterocycles. The van der Waals surface area contributed by atoms with Crippen LogP contribution < -0.4 is 9.47 Å². The van der Waals surface area contributed by atoms with Crippen LogP contribution in [-0.4, -0.2) is 33.6 Å². The van der Waals surface area contributed by atoms with Crippen LogP contribution in [0.3, 0.4) is 0 Å². The molecule has 2 aromatic rings. The molecule has 0 aliphatic carbocycles. The second-order valence-corrected chi connectivity index (χ2v) is 10.5. The van der Waals surface area contributed by atoms with Crippen LogP contribution in [0.15, 0.2) is 48.5 Å². The van der Waals surface area contributed by atoms with E-state index in [1.54, 1.807) is 38.5 Å². The van der Waals surface area contributed by atoms with Gasteiger partial charge in [-0.3, -0.25) is 10.8 Å². The Morgan fingerprint density at radius 2 is 0.906 bits per heavy atom. The van der Waals surface area contributed by atoms with Gasteiger partial charge in [0.1, 0.15) is 24.7 Å². The molecule has 12 heteroatoms. The fourth-order valence-electron chi connectivity index (χ4n) is 1.92. The van der Waals surface area contributed by atoms with Crippen LogP contribution >= 0.6 is 69.6 Å². The third-order valence-corrected chi connectivity index (χ3v) is 4.63. The Balaban J connectivity index is 0.000000320. The summed E-state index contributed by atoms with van der Waals surface area (Å²) in [5.74, 6) is 0.710. The lowest BCUT2D eigenvalue weighted by molar-refractivity contribution is 0.283. The zero-order valence-electron chi connectivity index (χ0n) is 16.9. The van der Waals surface area contributed by atoms with Crippen molar-refractivity contribution in [3.05, 3.63) is 59.7 Å². The molecular formula is C20H20Cl6N2O4. The summed E-state index contributed by atoms with van der Waals surface area (Å²) < 4.78 is 16.4. The molecule has 0 saturated carbocycles. The molecule has 0 bridgehead atoms. The largest absolute Gasteiger partial charge is 0.497 e. The summed E-state index contributed by atoms with van der Waals surface area (Å²) in [6, 6.07) is 14.4. The number of alkyl halides is 6. The van der Waals surface area contributed by atoms with Crippen LogP contribution in [0.4, 0.5) is 0 Å². The first-order valence-electron chi connectivity index (χ1n) is 8.69. The van der Waals surface area contributed by atoms with Gasteiger partial charge in [-0.05, 0) is 35.4 Å². The number of ether oxygens (including phenoxy) is 4. The average molecular weight is 565 g/mol. The van der Waals surface area contributed by atoms with Gasteiger partial charge in [-0.1, -0.05) is 93.9 Å². The quantitative estimate of drug-likeness (QED) is 0.222. The fourth-order valence-corrected chi connectivity index (χ4v) is 2.25. The van der Waals surface area contributed by atoms with Crippen molar-refractivity contribution >= 4 is 81.4 Å². The molecule has 32 heavy (non-hydrogen) atoms. The number of methoxy groups -OCH3 is 2. The summed E-state index contributed by atoms with van der Waals surface area (Å²) in [6.45, 7) is 0.355. The number of rotatable bonds is 6. The van der Waals surface area contributed by atoms with Crippen molar-refractivity contribution in [2.45, 2.75) is 20.8 Å². The number of benzene rings is 2. The predicted molar refractivity (Wildman–Crippen MR) is 132 cm³/mol. The number of hydrogen-bond acceptors (Lipinski definition) is 6. The minimum Gasteiger partial charge on any atom is -0.497 e. The van der Waals surface area contributed by atoms with Gasteiger partial charge in [-0.15, -0.1) is 0 Å². The highest BCUT2D eigenvalue weighted by Crippen LogP contribution is 2.29. The number of hydrogen-bond donors (Lipinski definition) is 2. The summed E-state index contributed by atoms with van der Waals surface area (Å²) in [7, 11) is 3.17. The van der Waals surface area contributed by atoms with E-state index in [4.69, 9.17) is 99.4 Å². The van der Waals surface area contributed by atoms with E-state index < -0.39 is 19.4 Å². The van der Waals surface area contributed by atoms with Gasteiger partial charge in [-0.25, -0.2) is 0 Å². The fraction of sp³-hybridized carbons (Fsp3) is 0.300. The van der Waals surface area contributed by atoms with Crippen molar-refractivity contribution in [1.29, 1.82) is 10.8 Å². The smallest absolute Gasteiger partial charge is 0.265 e. The minimum atomic E-state index is -1.81. The van der Waals surface area contributed by atoms with Crippen molar-refractivity contribution in [3.63, 3.8) is 0 Å². The Morgan fingerprint density at radius 3 is 1.12 bits per heavy atom. The monoisotopic (exact) mass is 562 g/mol. The van der Waals surface area contributed by atoms with Gasteiger partial charge in [0.25, 0.3) is 7.59 Å². The molecule has 6 nitrogen and oxygen atoms in total. The zero-order valence-corrected chi connectivity index (χ0v) is 21.5. The highest BCUT2D eigenvalue weighted by atomic mass is 35.6. The van der Waals surface area contributed by atoms with Crippen molar-refractivity contribution in [2.75, 3.05) is 14.2 Å². The topological polar surface area (TPSA) is 84.6 Å². The van der Waals surface area contributed by atoms with Crippen LogP contribution in [0.25, 0.3) is 0 Å². The molecular weight excluding hydrogens is 545 g/mol. The summed E-state index contributed by atoms with van der Waals surface area (Å²) in [5.41, 5.74) is 1.72. The SMILES string of the molecule is COc1ccc(COC(=N)C(Cl)(Cl)Cl)cc1.COc1ccc(COC(=N)C(Cl)(Cl)Cl)cc1. The molecule has 0 spiro atoms. The van der Waals surface area contributed by atoms with Gasteiger partial charge in [-0.2, -0.15) is 0 Å². The van der Waals surface area contributed by atoms with Crippen LogP contribution in [-0.2, 0) is 22.7 Å². The molecule has 0 radical (unpaired) electrons. The first-order chi connectivity index (χ1) is 14.9. The molecule has 0 heterocycles. The van der Waals surface area contributed by atoms with E-state index in [1.165, 1.54) is 0 Å². The summed E-state index contributed by atoms with van der Waals surface area (Å²) in [5, 5.41) is 14.7. The molecule has 0 unspecified atom stereocenters. The van der Waals surface area contributed by atoms with Crippen molar-refractivity contribution in [2.24, 2.45) is 0 Å². The number of halogens is 6. The van der Waals surface area contributed by atoms with E-state index in [0.29, 0.717) is 0 Å². The lowest BCUT2D eigenvalue weighted by atomic mass is 10.2. The zero-order chi connectivity index (χ0) is 24.4. The average Bonchev–Trinajstić information content (AvgIpc) is 2.75. The normalized spacial score (nSPS) is 11.0. The van der Waals surface area contributed by atoms with Gasteiger partial charge in [0.05, 0.1) is 14.2 Å². The molecule has 176 valence electrons. The van der Waals surface area contributed by atoms with E-state index in [1.807, 2.05) is 24.3 Å². The first-order valence-corrected chi connectivity index (χ1v) is 11.0. The van der Waals surface area contributed by atoms with Crippen LogP contribution in [0.2, 0.25) is 0 Å². The van der Waals surface area contributed by atoms with Crippen molar-refractivity contribution < 1.29 is 18.9 Å². The minimum absolute atomic E-state index is 0.177. The van der Waals surface area contributed by atoms with Crippen LogP contribution in [0, 0.1) is 10.8 Å². The standard InChI is InChI=1S/2C10H10Cl3NO2/c2*1-15-8-4-2-7(3-5-8)6-16-9(14)10(11,12)13/h2*2-5,14H,6H2,1H3. The molecule has 0 aromatic heterocycles. The van der Waals surface area contributed by atoms with E-state index in [0.717, 1.165) is 22.6 Å². The Morgan fingerprint density at radius 1 is 0.625 bits per heavy atom.